The van der Waals surface area contributed by atoms with Crippen molar-refractivity contribution in [2.45, 2.75) is 31.8 Å². The average molecular weight is 268 g/mol. The van der Waals surface area contributed by atoms with E-state index < -0.39 is 16.4 Å². The molecular formula is C13H17FN2O3. The highest BCUT2D eigenvalue weighted by Crippen LogP contribution is 2.26. The summed E-state index contributed by atoms with van der Waals surface area (Å²) in [4.78, 5) is 9.93. The average Bonchev–Trinajstić information content (AvgIpc) is 2.84. The zero-order valence-electron chi connectivity index (χ0n) is 10.5. The van der Waals surface area contributed by atoms with Gasteiger partial charge in [0.1, 0.15) is 0 Å². The second-order valence-corrected chi connectivity index (χ2v) is 4.87. The van der Waals surface area contributed by atoms with Gasteiger partial charge in [-0.2, -0.15) is 4.39 Å². The number of hydrogen-bond donors (Lipinski definition) is 2. The third-order valence-electron chi connectivity index (χ3n) is 3.70. The van der Waals surface area contributed by atoms with Crippen LogP contribution in [0.3, 0.4) is 0 Å². The van der Waals surface area contributed by atoms with Gasteiger partial charge in [-0.05, 0) is 18.8 Å². The Labute approximate surface area is 110 Å². The van der Waals surface area contributed by atoms with Crippen molar-refractivity contribution in [1.29, 1.82) is 0 Å². The van der Waals surface area contributed by atoms with Crippen LogP contribution in [0.5, 0.6) is 0 Å². The number of aliphatic hydroxyl groups excluding tert-OH is 1. The van der Waals surface area contributed by atoms with Crippen molar-refractivity contribution < 1.29 is 14.4 Å². The largest absolute Gasteiger partial charge is 0.396 e. The number of rotatable bonds is 5. The first-order valence-electron chi connectivity index (χ1n) is 6.39. The van der Waals surface area contributed by atoms with E-state index in [0.29, 0.717) is 0 Å². The van der Waals surface area contributed by atoms with Crippen LogP contribution in [0.25, 0.3) is 0 Å². The summed E-state index contributed by atoms with van der Waals surface area (Å²) in [5.74, 6) is -0.583. The molecular weight excluding hydrogens is 251 g/mol. The summed E-state index contributed by atoms with van der Waals surface area (Å²) in [5.41, 5.74) is -0.206. The first-order chi connectivity index (χ1) is 9.13. The topological polar surface area (TPSA) is 75.4 Å². The Morgan fingerprint density at radius 1 is 1.47 bits per heavy atom. The number of nitro groups is 1. The van der Waals surface area contributed by atoms with Crippen molar-refractivity contribution in [3.8, 4) is 0 Å². The van der Waals surface area contributed by atoms with E-state index in [1.165, 1.54) is 12.1 Å². The SMILES string of the molecule is O=[N+]([O-])c1cccc(CNC2CCCC2CO)c1F. The molecule has 1 aromatic carbocycles. The van der Waals surface area contributed by atoms with E-state index in [0.717, 1.165) is 25.3 Å². The second kappa shape index (κ2) is 6.08. The Morgan fingerprint density at radius 3 is 2.95 bits per heavy atom. The molecule has 1 aromatic rings. The van der Waals surface area contributed by atoms with Gasteiger partial charge in [-0.1, -0.05) is 18.6 Å². The van der Waals surface area contributed by atoms with Crippen molar-refractivity contribution in [3.05, 3.63) is 39.7 Å². The molecule has 0 spiro atoms. The minimum atomic E-state index is -0.779. The maximum Gasteiger partial charge on any atom is 0.305 e. The van der Waals surface area contributed by atoms with Gasteiger partial charge in [-0.3, -0.25) is 10.1 Å². The summed E-state index contributed by atoms with van der Waals surface area (Å²) >= 11 is 0. The molecule has 5 nitrogen and oxygen atoms in total. The van der Waals surface area contributed by atoms with Gasteiger partial charge in [0.2, 0.25) is 5.82 Å². The fraction of sp³-hybridized carbons (Fsp3) is 0.538. The van der Waals surface area contributed by atoms with Gasteiger partial charge in [0, 0.05) is 30.8 Å². The standard InChI is InChI=1S/C13H17FN2O3/c14-13-9(3-2-6-12(13)16(18)19)7-15-11-5-1-4-10(11)8-17/h2-3,6,10-11,15,17H,1,4-5,7-8H2. The van der Waals surface area contributed by atoms with E-state index in [-0.39, 0.29) is 30.7 Å². The van der Waals surface area contributed by atoms with Crippen molar-refractivity contribution in [1.82, 2.24) is 5.32 Å². The third-order valence-corrected chi connectivity index (χ3v) is 3.70. The maximum absolute atomic E-state index is 13.8. The highest BCUT2D eigenvalue weighted by Gasteiger charge is 2.26. The monoisotopic (exact) mass is 268 g/mol. The van der Waals surface area contributed by atoms with Gasteiger partial charge in [-0.15, -0.1) is 0 Å². The molecule has 1 aliphatic rings. The summed E-state index contributed by atoms with van der Waals surface area (Å²) in [6.45, 7) is 0.365. The van der Waals surface area contributed by atoms with Gasteiger partial charge in [0.15, 0.2) is 0 Å². The lowest BCUT2D eigenvalue weighted by Crippen LogP contribution is -2.33. The molecule has 2 N–H and O–H groups in total. The number of aliphatic hydroxyl groups is 1. The highest BCUT2D eigenvalue weighted by molar-refractivity contribution is 5.36. The molecule has 0 aliphatic heterocycles. The van der Waals surface area contributed by atoms with E-state index in [9.17, 15) is 19.6 Å². The normalized spacial score (nSPS) is 22.6. The molecule has 0 saturated heterocycles. The number of halogens is 1. The molecule has 0 heterocycles. The number of nitrogens with one attached hydrogen (secondary N) is 1. The maximum atomic E-state index is 13.8. The zero-order chi connectivity index (χ0) is 13.8. The quantitative estimate of drug-likeness (QED) is 0.632. The highest BCUT2D eigenvalue weighted by atomic mass is 19.1. The summed E-state index contributed by atoms with van der Waals surface area (Å²) < 4.78 is 13.8. The van der Waals surface area contributed by atoms with E-state index in [2.05, 4.69) is 5.32 Å². The van der Waals surface area contributed by atoms with Crippen LogP contribution in [0.4, 0.5) is 10.1 Å². The molecule has 0 aromatic heterocycles. The minimum Gasteiger partial charge on any atom is -0.396 e. The smallest absolute Gasteiger partial charge is 0.305 e. The van der Waals surface area contributed by atoms with Gasteiger partial charge >= 0.3 is 5.69 Å². The molecule has 2 atom stereocenters. The number of benzene rings is 1. The van der Waals surface area contributed by atoms with Gasteiger partial charge in [-0.25, -0.2) is 0 Å². The molecule has 1 aliphatic carbocycles. The second-order valence-electron chi connectivity index (χ2n) is 4.87. The lowest BCUT2D eigenvalue weighted by molar-refractivity contribution is -0.387. The van der Waals surface area contributed by atoms with Crippen LogP contribution in [-0.2, 0) is 6.54 Å². The van der Waals surface area contributed by atoms with Crippen molar-refractivity contribution in [2.24, 2.45) is 5.92 Å². The Hall–Kier alpha value is -1.53. The van der Waals surface area contributed by atoms with Crippen molar-refractivity contribution >= 4 is 5.69 Å². The lowest BCUT2D eigenvalue weighted by atomic mass is 10.0. The van der Waals surface area contributed by atoms with Gasteiger partial charge in [0.25, 0.3) is 0 Å². The summed E-state index contributed by atoms with van der Waals surface area (Å²) in [7, 11) is 0. The van der Waals surface area contributed by atoms with E-state index in [1.54, 1.807) is 0 Å². The zero-order valence-corrected chi connectivity index (χ0v) is 10.5. The van der Waals surface area contributed by atoms with Crippen LogP contribution >= 0.6 is 0 Å². The van der Waals surface area contributed by atoms with Crippen molar-refractivity contribution in [2.75, 3.05) is 6.61 Å². The molecule has 6 heteroatoms. The molecule has 1 fully saturated rings. The molecule has 0 bridgehead atoms. The Morgan fingerprint density at radius 2 is 2.26 bits per heavy atom. The van der Waals surface area contributed by atoms with E-state index >= 15 is 0 Å². The molecule has 19 heavy (non-hydrogen) atoms. The molecule has 0 amide bonds. The van der Waals surface area contributed by atoms with Crippen LogP contribution in [0, 0.1) is 21.8 Å². The Kier molecular flexibility index (Phi) is 4.44. The summed E-state index contributed by atoms with van der Waals surface area (Å²) in [6, 6.07) is 4.34. The predicted molar refractivity (Wildman–Crippen MR) is 68.1 cm³/mol. The van der Waals surface area contributed by atoms with E-state index in [1.807, 2.05) is 0 Å². The number of hydrogen-bond acceptors (Lipinski definition) is 4. The minimum absolute atomic E-state index is 0.120. The van der Waals surface area contributed by atoms with Crippen LogP contribution in [0.15, 0.2) is 18.2 Å². The summed E-state index contributed by atoms with van der Waals surface area (Å²) in [5, 5.41) is 23.0. The van der Waals surface area contributed by atoms with Crippen LogP contribution < -0.4 is 5.32 Å². The van der Waals surface area contributed by atoms with Gasteiger partial charge < -0.3 is 10.4 Å². The third kappa shape index (κ3) is 3.08. The molecule has 0 radical (unpaired) electrons. The fourth-order valence-corrected chi connectivity index (χ4v) is 2.61. The Bertz CT molecular complexity index is 467. The molecule has 2 unspecified atom stereocenters. The number of nitrogens with zero attached hydrogens (tertiary/aromatic N) is 1. The number of nitro benzene ring substituents is 1. The molecule has 1 saturated carbocycles. The Balaban J connectivity index is 2.03. The van der Waals surface area contributed by atoms with Crippen LogP contribution in [0.2, 0.25) is 0 Å². The van der Waals surface area contributed by atoms with Crippen LogP contribution in [-0.4, -0.2) is 22.7 Å². The first kappa shape index (κ1) is 13.9. The van der Waals surface area contributed by atoms with Gasteiger partial charge in [0.05, 0.1) is 4.92 Å². The lowest BCUT2D eigenvalue weighted by Gasteiger charge is -2.19. The van der Waals surface area contributed by atoms with E-state index in [4.69, 9.17) is 0 Å². The molecule has 104 valence electrons. The fourth-order valence-electron chi connectivity index (χ4n) is 2.61. The van der Waals surface area contributed by atoms with Crippen LogP contribution in [0.1, 0.15) is 24.8 Å². The van der Waals surface area contributed by atoms with Crippen molar-refractivity contribution in [3.63, 3.8) is 0 Å². The predicted octanol–water partition coefficient (Wildman–Crippen LogP) is 1.98. The summed E-state index contributed by atoms with van der Waals surface area (Å²) in [6.07, 6.45) is 2.95. The molecule has 2 rings (SSSR count). The first-order valence-corrected chi connectivity index (χ1v) is 6.39.